The molecule has 1 atom stereocenters. The normalized spacial score (nSPS) is 17.2. The van der Waals surface area contributed by atoms with E-state index in [9.17, 15) is 9.59 Å². The topological polar surface area (TPSA) is 58.6 Å². The second-order valence-electron chi connectivity index (χ2n) is 6.01. The summed E-state index contributed by atoms with van der Waals surface area (Å²) < 4.78 is 5.40. The predicted octanol–water partition coefficient (Wildman–Crippen LogP) is 3.64. The van der Waals surface area contributed by atoms with E-state index < -0.39 is 0 Å². The van der Waals surface area contributed by atoms with Gasteiger partial charge < -0.3 is 15.0 Å². The van der Waals surface area contributed by atoms with Crippen LogP contribution in [0, 0.1) is 5.92 Å². The van der Waals surface area contributed by atoms with Crippen molar-refractivity contribution in [2.75, 3.05) is 25.0 Å². The van der Waals surface area contributed by atoms with E-state index in [0.717, 1.165) is 29.2 Å². The largest absolute Gasteiger partial charge is 0.494 e. The number of hydrogen-bond donors (Lipinski definition) is 1. The molecule has 25 heavy (non-hydrogen) atoms. The number of ether oxygens (including phenoxy) is 1. The van der Waals surface area contributed by atoms with Crippen molar-refractivity contribution in [3.8, 4) is 5.75 Å². The van der Waals surface area contributed by atoms with E-state index in [-0.39, 0.29) is 17.7 Å². The Labute approximate surface area is 151 Å². The number of thiophene rings is 1. The highest BCUT2D eigenvalue weighted by molar-refractivity contribution is 7.12. The first-order valence-corrected chi connectivity index (χ1v) is 9.42. The number of carbonyl (C=O) groups excluding carboxylic acids is 2. The fourth-order valence-electron chi connectivity index (χ4n) is 2.98. The number of anilines is 1. The van der Waals surface area contributed by atoms with Gasteiger partial charge in [-0.3, -0.25) is 9.59 Å². The Kier molecular flexibility index (Phi) is 5.71. The Balaban J connectivity index is 1.59. The standard InChI is InChI=1S/C19H22N2O3S/c1-2-24-16-9-7-15(8-10-16)20-18(22)14-5-3-11-21(13-14)19(23)17-6-4-12-25-17/h4,6-10,12,14H,2-3,5,11,13H2,1H3,(H,20,22). The summed E-state index contributed by atoms with van der Waals surface area (Å²) in [5.74, 6) is 0.594. The summed E-state index contributed by atoms with van der Waals surface area (Å²) in [7, 11) is 0. The van der Waals surface area contributed by atoms with Crippen molar-refractivity contribution in [2.45, 2.75) is 19.8 Å². The van der Waals surface area contributed by atoms with E-state index in [4.69, 9.17) is 4.74 Å². The van der Waals surface area contributed by atoms with Crippen molar-refractivity contribution >= 4 is 28.8 Å². The van der Waals surface area contributed by atoms with Gasteiger partial charge >= 0.3 is 0 Å². The molecule has 3 rings (SSSR count). The third-order valence-corrected chi connectivity index (χ3v) is 5.10. The Morgan fingerprint density at radius 1 is 1.28 bits per heavy atom. The molecule has 1 unspecified atom stereocenters. The number of amides is 2. The molecule has 0 saturated carbocycles. The highest BCUT2D eigenvalue weighted by Gasteiger charge is 2.29. The molecule has 0 aliphatic carbocycles. The molecular formula is C19H22N2O3S. The van der Waals surface area contributed by atoms with E-state index in [1.807, 2.05) is 48.7 Å². The lowest BCUT2D eigenvalue weighted by Crippen LogP contribution is -2.43. The average Bonchev–Trinajstić information content (AvgIpc) is 3.18. The highest BCUT2D eigenvalue weighted by atomic mass is 32.1. The Morgan fingerprint density at radius 3 is 2.76 bits per heavy atom. The minimum absolute atomic E-state index is 0.0218. The molecule has 0 bridgehead atoms. The summed E-state index contributed by atoms with van der Waals surface area (Å²) in [6.45, 7) is 3.73. The number of carbonyl (C=O) groups is 2. The number of nitrogens with one attached hydrogen (secondary N) is 1. The lowest BCUT2D eigenvalue weighted by molar-refractivity contribution is -0.121. The lowest BCUT2D eigenvalue weighted by Gasteiger charge is -2.31. The molecule has 2 aromatic rings. The lowest BCUT2D eigenvalue weighted by atomic mass is 9.97. The van der Waals surface area contributed by atoms with Crippen LogP contribution < -0.4 is 10.1 Å². The average molecular weight is 358 g/mol. The molecule has 1 aliphatic heterocycles. The van der Waals surface area contributed by atoms with E-state index in [1.54, 1.807) is 4.90 Å². The van der Waals surface area contributed by atoms with E-state index >= 15 is 0 Å². The molecule has 2 heterocycles. The molecule has 1 fully saturated rings. The molecule has 1 N–H and O–H groups in total. The second kappa shape index (κ2) is 8.16. The van der Waals surface area contributed by atoms with Crippen molar-refractivity contribution in [3.05, 3.63) is 46.7 Å². The minimum Gasteiger partial charge on any atom is -0.494 e. The van der Waals surface area contributed by atoms with Gasteiger partial charge in [0.25, 0.3) is 5.91 Å². The summed E-state index contributed by atoms with van der Waals surface area (Å²) in [5, 5.41) is 4.84. The maximum absolute atomic E-state index is 12.6. The molecule has 1 saturated heterocycles. The molecule has 2 amide bonds. The first kappa shape index (κ1) is 17.5. The molecule has 5 nitrogen and oxygen atoms in total. The van der Waals surface area contributed by atoms with Gasteiger partial charge in [0.05, 0.1) is 17.4 Å². The first-order chi connectivity index (χ1) is 12.2. The van der Waals surface area contributed by atoms with Gasteiger partial charge in [0.2, 0.25) is 5.91 Å². The third-order valence-electron chi connectivity index (χ3n) is 4.24. The quantitative estimate of drug-likeness (QED) is 0.888. The van der Waals surface area contributed by atoms with Gasteiger partial charge in [-0.15, -0.1) is 11.3 Å². The van der Waals surface area contributed by atoms with Crippen molar-refractivity contribution in [2.24, 2.45) is 5.92 Å². The van der Waals surface area contributed by atoms with Crippen LogP contribution in [0.1, 0.15) is 29.4 Å². The number of nitrogens with zero attached hydrogens (tertiary/aromatic N) is 1. The van der Waals surface area contributed by atoms with Gasteiger partial charge in [-0.2, -0.15) is 0 Å². The molecule has 0 radical (unpaired) electrons. The highest BCUT2D eigenvalue weighted by Crippen LogP contribution is 2.22. The van der Waals surface area contributed by atoms with Gasteiger partial charge in [-0.25, -0.2) is 0 Å². The number of piperidine rings is 1. The summed E-state index contributed by atoms with van der Waals surface area (Å²) >= 11 is 1.44. The zero-order valence-corrected chi connectivity index (χ0v) is 15.1. The Bertz CT molecular complexity index is 713. The monoisotopic (exact) mass is 358 g/mol. The van der Waals surface area contributed by atoms with Crippen LogP contribution >= 0.6 is 11.3 Å². The van der Waals surface area contributed by atoms with Gasteiger partial charge in [0.15, 0.2) is 0 Å². The van der Waals surface area contributed by atoms with Crippen molar-refractivity contribution < 1.29 is 14.3 Å². The number of hydrogen-bond acceptors (Lipinski definition) is 4. The van der Waals surface area contributed by atoms with Crippen molar-refractivity contribution in [1.29, 1.82) is 0 Å². The molecule has 6 heteroatoms. The van der Waals surface area contributed by atoms with E-state index in [0.29, 0.717) is 19.7 Å². The summed E-state index contributed by atoms with van der Waals surface area (Å²) in [4.78, 5) is 27.6. The van der Waals surface area contributed by atoms with Crippen LogP contribution in [0.15, 0.2) is 41.8 Å². The van der Waals surface area contributed by atoms with Crippen LogP contribution in [0.2, 0.25) is 0 Å². The van der Waals surface area contributed by atoms with E-state index in [2.05, 4.69) is 5.32 Å². The number of likely N-dealkylation sites (tertiary alicyclic amines) is 1. The van der Waals surface area contributed by atoms with Crippen molar-refractivity contribution in [1.82, 2.24) is 4.90 Å². The van der Waals surface area contributed by atoms with Gasteiger partial charge in [-0.1, -0.05) is 6.07 Å². The van der Waals surface area contributed by atoms with Gasteiger partial charge in [-0.05, 0) is 55.5 Å². The van der Waals surface area contributed by atoms with Crippen LogP contribution in [0.5, 0.6) is 5.75 Å². The number of benzene rings is 1. The maximum Gasteiger partial charge on any atom is 0.263 e. The Morgan fingerprint density at radius 2 is 2.08 bits per heavy atom. The predicted molar refractivity (Wildman–Crippen MR) is 99.2 cm³/mol. The van der Waals surface area contributed by atoms with Crippen LogP contribution in [0.4, 0.5) is 5.69 Å². The zero-order valence-electron chi connectivity index (χ0n) is 14.2. The molecule has 1 aliphatic rings. The zero-order chi connectivity index (χ0) is 17.6. The smallest absolute Gasteiger partial charge is 0.263 e. The number of rotatable bonds is 5. The van der Waals surface area contributed by atoms with E-state index in [1.165, 1.54) is 11.3 Å². The van der Waals surface area contributed by atoms with Crippen molar-refractivity contribution in [3.63, 3.8) is 0 Å². The molecule has 132 valence electrons. The summed E-state index contributed by atoms with van der Waals surface area (Å²) in [5.41, 5.74) is 0.746. The molecule has 1 aromatic carbocycles. The summed E-state index contributed by atoms with van der Waals surface area (Å²) in [6, 6.07) is 11.0. The van der Waals surface area contributed by atoms with Crippen LogP contribution in [0.3, 0.4) is 0 Å². The van der Waals surface area contributed by atoms with Gasteiger partial charge in [0, 0.05) is 18.8 Å². The van der Waals surface area contributed by atoms with Crippen LogP contribution in [-0.2, 0) is 4.79 Å². The fourth-order valence-corrected chi connectivity index (χ4v) is 3.67. The van der Waals surface area contributed by atoms with Crippen LogP contribution in [0.25, 0.3) is 0 Å². The fraction of sp³-hybridized carbons (Fsp3) is 0.368. The third kappa shape index (κ3) is 4.39. The molecular weight excluding hydrogens is 336 g/mol. The van der Waals surface area contributed by atoms with Gasteiger partial charge in [0.1, 0.15) is 5.75 Å². The molecule has 0 spiro atoms. The SMILES string of the molecule is CCOc1ccc(NC(=O)C2CCCN(C(=O)c3cccs3)C2)cc1. The summed E-state index contributed by atoms with van der Waals surface area (Å²) in [6.07, 6.45) is 1.65. The first-order valence-electron chi connectivity index (χ1n) is 8.54. The van der Waals surface area contributed by atoms with Crippen LogP contribution in [-0.4, -0.2) is 36.4 Å². The second-order valence-corrected chi connectivity index (χ2v) is 6.96. The Hall–Kier alpha value is -2.34. The minimum atomic E-state index is -0.177. The molecule has 1 aromatic heterocycles. The maximum atomic E-state index is 12.6.